The second kappa shape index (κ2) is 9.07. The molecule has 1 aliphatic rings. The lowest BCUT2D eigenvalue weighted by molar-refractivity contribution is 0.0729. The zero-order chi connectivity index (χ0) is 22.8. The molecule has 2 aromatic heterocycles. The quantitative estimate of drug-likeness (QED) is 0.437. The Morgan fingerprint density at radius 1 is 1.03 bits per heavy atom. The number of amides is 1. The van der Waals surface area contributed by atoms with Gasteiger partial charge in [0.05, 0.1) is 12.1 Å². The van der Waals surface area contributed by atoms with E-state index in [1.54, 1.807) is 41.6 Å². The average molecular weight is 506 g/mol. The summed E-state index contributed by atoms with van der Waals surface area (Å²) in [6, 6.07) is 16.3. The van der Waals surface area contributed by atoms with E-state index < -0.39 is 0 Å². The predicted octanol–water partition coefficient (Wildman–Crippen LogP) is 4.30. The van der Waals surface area contributed by atoms with E-state index in [1.165, 1.54) is 0 Å². The number of fused-ring (bicyclic) bond motifs is 2. The Hall–Kier alpha value is -3.65. The number of H-pyrrole nitrogens is 1. The summed E-state index contributed by atoms with van der Waals surface area (Å²) in [5.41, 5.74) is 2.30. The molecule has 166 valence electrons. The first-order valence-electron chi connectivity index (χ1n) is 10.5. The molecule has 0 unspecified atom stereocenters. The van der Waals surface area contributed by atoms with Crippen LogP contribution in [0.2, 0.25) is 0 Å². The van der Waals surface area contributed by atoms with Crippen molar-refractivity contribution in [3.8, 4) is 11.5 Å². The number of benzene rings is 2. The van der Waals surface area contributed by atoms with Crippen LogP contribution in [-0.2, 0) is 13.1 Å². The van der Waals surface area contributed by atoms with Gasteiger partial charge in [-0.2, -0.15) is 0 Å². The zero-order valence-corrected chi connectivity index (χ0v) is 19.2. The van der Waals surface area contributed by atoms with Crippen molar-refractivity contribution in [2.45, 2.75) is 13.1 Å². The number of halogens is 1. The number of aromatic amines is 1. The Morgan fingerprint density at radius 2 is 1.79 bits per heavy atom. The minimum absolute atomic E-state index is 0.142. The number of nitrogens with zero attached hydrogens (tertiary/aromatic N) is 2. The summed E-state index contributed by atoms with van der Waals surface area (Å²) in [7, 11) is 0. The third-order valence-electron chi connectivity index (χ3n) is 5.42. The van der Waals surface area contributed by atoms with Crippen LogP contribution in [-0.4, -0.2) is 34.0 Å². The Kier molecular flexibility index (Phi) is 5.83. The van der Waals surface area contributed by atoms with Crippen molar-refractivity contribution >= 4 is 32.7 Å². The summed E-state index contributed by atoms with van der Waals surface area (Å²) in [6.07, 6.45) is 3.40. The molecule has 1 aliphatic heterocycles. The molecular weight excluding hydrogens is 486 g/mol. The maximum atomic E-state index is 13.4. The van der Waals surface area contributed by atoms with Gasteiger partial charge in [-0.25, -0.2) is 0 Å². The minimum atomic E-state index is -0.251. The van der Waals surface area contributed by atoms with Gasteiger partial charge in [0, 0.05) is 46.0 Å². The van der Waals surface area contributed by atoms with Crippen LogP contribution in [0, 0.1) is 0 Å². The number of ether oxygens (including phenoxy) is 2. The summed E-state index contributed by atoms with van der Waals surface area (Å²) >= 11 is 3.40. The van der Waals surface area contributed by atoms with Crippen LogP contribution in [0.5, 0.6) is 11.5 Å². The van der Waals surface area contributed by atoms with E-state index in [2.05, 4.69) is 25.9 Å². The van der Waals surface area contributed by atoms with Crippen LogP contribution >= 0.6 is 15.9 Å². The summed E-state index contributed by atoms with van der Waals surface area (Å²) in [5.74, 6) is 1.08. The third kappa shape index (κ3) is 4.61. The fraction of sp³-hybridized carbons (Fsp3) is 0.160. The highest BCUT2D eigenvalue weighted by atomic mass is 79.9. The van der Waals surface area contributed by atoms with Crippen molar-refractivity contribution < 1.29 is 14.3 Å². The molecule has 7 nitrogen and oxygen atoms in total. The van der Waals surface area contributed by atoms with Crippen LogP contribution in [0.3, 0.4) is 0 Å². The number of hydrogen-bond donors (Lipinski definition) is 1. The molecule has 0 bridgehead atoms. The summed E-state index contributed by atoms with van der Waals surface area (Å²) in [5, 5.41) is 0.811. The standard InChI is InChI=1S/C25H20BrN3O4/c26-20-5-3-17(4-6-20)25(31)29(14-16-2-1-7-27-13-16)15-19-10-18-11-22-23(33-9-8-32-22)12-21(18)28-24(19)30/h1-7,10-13H,8-9,14-15H2,(H,28,30). The maximum absolute atomic E-state index is 13.4. The van der Waals surface area contributed by atoms with Gasteiger partial charge in [0.25, 0.3) is 11.5 Å². The van der Waals surface area contributed by atoms with Gasteiger partial charge in [-0.3, -0.25) is 14.6 Å². The van der Waals surface area contributed by atoms with Crippen molar-refractivity contribution in [2.75, 3.05) is 13.2 Å². The first kappa shape index (κ1) is 21.2. The third-order valence-corrected chi connectivity index (χ3v) is 5.95. The van der Waals surface area contributed by atoms with Crippen LogP contribution in [0.1, 0.15) is 21.5 Å². The fourth-order valence-corrected chi connectivity index (χ4v) is 4.06. The topological polar surface area (TPSA) is 84.5 Å². The van der Waals surface area contributed by atoms with Gasteiger partial charge >= 0.3 is 0 Å². The number of nitrogens with one attached hydrogen (secondary N) is 1. The van der Waals surface area contributed by atoms with E-state index >= 15 is 0 Å². The monoisotopic (exact) mass is 505 g/mol. The lowest BCUT2D eigenvalue weighted by Crippen LogP contribution is -2.32. The predicted molar refractivity (Wildman–Crippen MR) is 128 cm³/mol. The molecule has 4 aromatic rings. The van der Waals surface area contributed by atoms with Crippen LogP contribution in [0.25, 0.3) is 10.9 Å². The van der Waals surface area contributed by atoms with Crippen molar-refractivity contribution in [2.24, 2.45) is 0 Å². The van der Waals surface area contributed by atoms with E-state index in [-0.39, 0.29) is 18.0 Å². The van der Waals surface area contributed by atoms with E-state index in [9.17, 15) is 9.59 Å². The first-order valence-corrected chi connectivity index (χ1v) is 11.3. The normalized spacial score (nSPS) is 12.5. The number of aromatic nitrogens is 2. The van der Waals surface area contributed by atoms with Gasteiger partial charge in [0.1, 0.15) is 13.2 Å². The highest BCUT2D eigenvalue weighted by Crippen LogP contribution is 2.33. The second-order valence-corrected chi connectivity index (χ2v) is 8.65. The highest BCUT2D eigenvalue weighted by Gasteiger charge is 2.20. The molecule has 1 N–H and O–H groups in total. The van der Waals surface area contributed by atoms with Crippen LogP contribution < -0.4 is 15.0 Å². The van der Waals surface area contributed by atoms with E-state index in [0.29, 0.717) is 47.9 Å². The molecule has 0 atom stereocenters. The SMILES string of the molecule is O=C(c1ccc(Br)cc1)N(Cc1cccnc1)Cc1cc2cc3c(cc2[nH]c1=O)OCCO3. The number of pyridine rings is 2. The summed E-state index contributed by atoms with van der Waals surface area (Å²) < 4.78 is 12.2. The van der Waals surface area contributed by atoms with Gasteiger partial charge in [-0.15, -0.1) is 0 Å². The zero-order valence-electron chi connectivity index (χ0n) is 17.6. The highest BCUT2D eigenvalue weighted by molar-refractivity contribution is 9.10. The lowest BCUT2D eigenvalue weighted by atomic mass is 10.1. The molecule has 8 heteroatoms. The second-order valence-electron chi connectivity index (χ2n) is 7.74. The number of carbonyl (C=O) groups excluding carboxylic acids is 1. The Labute approximate surface area is 198 Å². The van der Waals surface area contributed by atoms with Gasteiger partial charge in [0.15, 0.2) is 11.5 Å². The molecule has 0 aliphatic carbocycles. The summed E-state index contributed by atoms with van der Waals surface area (Å²) in [4.78, 5) is 35.0. The minimum Gasteiger partial charge on any atom is -0.486 e. The van der Waals surface area contributed by atoms with E-state index in [1.807, 2.05) is 30.3 Å². The molecule has 3 heterocycles. The average Bonchev–Trinajstić information content (AvgIpc) is 2.83. The number of rotatable bonds is 5. The molecule has 33 heavy (non-hydrogen) atoms. The molecule has 5 rings (SSSR count). The molecule has 0 fully saturated rings. The van der Waals surface area contributed by atoms with Crippen molar-refractivity contribution in [1.29, 1.82) is 0 Å². The molecule has 0 saturated heterocycles. The van der Waals surface area contributed by atoms with Gasteiger partial charge < -0.3 is 19.4 Å². The van der Waals surface area contributed by atoms with Gasteiger partial charge in [0.2, 0.25) is 0 Å². The molecule has 0 spiro atoms. The smallest absolute Gasteiger partial charge is 0.254 e. The van der Waals surface area contributed by atoms with Crippen molar-refractivity contribution in [1.82, 2.24) is 14.9 Å². The van der Waals surface area contributed by atoms with Crippen LogP contribution in [0.15, 0.2) is 76.3 Å². The van der Waals surface area contributed by atoms with Gasteiger partial charge in [-0.1, -0.05) is 22.0 Å². The number of carbonyl (C=O) groups is 1. The largest absolute Gasteiger partial charge is 0.486 e. The Balaban J connectivity index is 1.51. The van der Waals surface area contributed by atoms with Crippen LogP contribution in [0.4, 0.5) is 0 Å². The molecule has 0 radical (unpaired) electrons. The van der Waals surface area contributed by atoms with Crippen molar-refractivity contribution in [3.63, 3.8) is 0 Å². The molecule has 2 aromatic carbocycles. The van der Waals surface area contributed by atoms with E-state index in [4.69, 9.17) is 9.47 Å². The Morgan fingerprint density at radius 3 is 2.52 bits per heavy atom. The van der Waals surface area contributed by atoms with Crippen molar-refractivity contribution in [3.05, 3.63) is 98.5 Å². The molecule has 1 amide bonds. The molecule has 0 saturated carbocycles. The van der Waals surface area contributed by atoms with E-state index in [0.717, 1.165) is 15.4 Å². The van der Waals surface area contributed by atoms with Gasteiger partial charge in [-0.05, 0) is 48.0 Å². The molecular formula is C25H20BrN3O4. The summed E-state index contributed by atoms with van der Waals surface area (Å²) in [6.45, 7) is 1.42. The lowest BCUT2D eigenvalue weighted by Gasteiger charge is -2.23. The maximum Gasteiger partial charge on any atom is 0.254 e. The fourth-order valence-electron chi connectivity index (χ4n) is 3.80. The number of hydrogen-bond acceptors (Lipinski definition) is 5. The first-order chi connectivity index (χ1) is 16.1. The Bertz CT molecular complexity index is 1370.